The van der Waals surface area contributed by atoms with Gasteiger partial charge in [0, 0.05) is 5.41 Å². The molecule has 0 aliphatic heterocycles. The molecule has 4 heteroatoms. The fraction of sp³-hybridized carbons (Fsp3) is 0.714. The number of hydrogen-bond acceptors (Lipinski definition) is 2. The molecule has 1 fully saturated rings. The van der Waals surface area contributed by atoms with E-state index in [4.69, 9.17) is 5.73 Å². The van der Waals surface area contributed by atoms with Crippen molar-refractivity contribution < 1.29 is 9.59 Å². The third-order valence-corrected chi connectivity index (χ3v) is 2.41. The van der Waals surface area contributed by atoms with Gasteiger partial charge in [-0.15, -0.1) is 0 Å². The van der Waals surface area contributed by atoms with E-state index in [1.54, 1.807) is 0 Å². The number of nitrogens with one attached hydrogen (secondary N) is 1. The van der Waals surface area contributed by atoms with E-state index in [9.17, 15) is 9.59 Å². The van der Waals surface area contributed by atoms with E-state index in [1.165, 1.54) is 0 Å². The molecule has 1 saturated carbocycles. The molecule has 0 aromatic carbocycles. The van der Waals surface area contributed by atoms with Crippen molar-refractivity contribution in [1.29, 1.82) is 0 Å². The first-order chi connectivity index (χ1) is 4.97. The van der Waals surface area contributed by atoms with Gasteiger partial charge >= 0.3 is 6.03 Å². The van der Waals surface area contributed by atoms with Crippen molar-refractivity contribution in [2.45, 2.75) is 20.3 Å². The molecule has 1 aliphatic rings. The third kappa shape index (κ3) is 1.34. The van der Waals surface area contributed by atoms with Crippen LogP contribution in [0.2, 0.25) is 0 Å². The molecule has 0 aromatic heterocycles. The predicted octanol–water partition coefficient (Wildman–Crippen LogP) is 0.227. The molecule has 2 unspecified atom stereocenters. The Bertz CT molecular complexity index is 214. The Kier molecular flexibility index (Phi) is 1.62. The summed E-state index contributed by atoms with van der Waals surface area (Å²) in [7, 11) is 0. The topological polar surface area (TPSA) is 72.2 Å². The van der Waals surface area contributed by atoms with Crippen LogP contribution < -0.4 is 11.1 Å². The molecular formula is C7H12N2O2. The van der Waals surface area contributed by atoms with Gasteiger partial charge in [-0.05, 0) is 12.3 Å². The molecule has 1 rings (SSSR count). The number of imide groups is 1. The molecule has 1 aliphatic carbocycles. The zero-order chi connectivity index (χ0) is 8.65. The molecule has 0 radical (unpaired) electrons. The predicted molar refractivity (Wildman–Crippen MR) is 39.6 cm³/mol. The minimum atomic E-state index is -0.768. The molecule has 0 aromatic rings. The van der Waals surface area contributed by atoms with E-state index in [0.29, 0.717) is 5.92 Å². The standard InChI is InChI=1S/C7H12N2O2/c1-4-3-7(4,2)5(10)9-6(8)11/h4H,3H2,1-2H3,(H3,8,9,10,11). The summed E-state index contributed by atoms with van der Waals surface area (Å²) in [6, 6.07) is -0.768. The number of amides is 3. The van der Waals surface area contributed by atoms with Crippen LogP contribution >= 0.6 is 0 Å². The number of urea groups is 1. The van der Waals surface area contributed by atoms with Crippen LogP contribution in [0.4, 0.5) is 4.79 Å². The molecule has 0 heterocycles. The highest BCUT2D eigenvalue weighted by Crippen LogP contribution is 2.51. The van der Waals surface area contributed by atoms with Gasteiger partial charge in [0.2, 0.25) is 5.91 Å². The molecule has 2 atom stereocenters. The highest BCUT2D eigenvalue weighted by molar-refractivity contribution is 5.98. The Morgan fingerprint density at radius 1 is 1.64 bits per heavy atom. The minimum Gasteiger partial charge on any atom is -0.351 e. The number of primary amides is 1. The first-order valence-corrected chi connectivity index (χ1v) is 3.57. The van der Waals surface area contributed by atoms with E-state index < -0.39 is 6.03 Å². The van der Waals surface area contributed by atoms with Crippen molar-refractivity contribution >= 4 is 11.9 Å². The van der Waals surface area contributed by atoms with Gasteiger partial charge in [-0.2, -0.15) is 0 Å². The molecule has 11 heavy (non-hydrogen) atoms. The summed E-state index contributed by atoms with van der Waals surface area (Å²) in [6.07, 6.45) is 0.839. The molecule has 0 spiro atoms. The summed E-state index contributed by atoms with van der Waals surface area (Å²) < 4.78 is 0. The van der Waals surface area contributed by atoms with Crippen LogP contribution in [0.25, 0.3) is 0 Å². The summed E-state index contributed by atoms with van der Waals surface area (Å²) in [6.45, 7) is 3.80. The number of rotatable bonds is 1. The Balaban J connectivity index is 2.50. The maximum absolute atomic E-state index is 11.1. The molecule has 3 amide bonds. The van der Waals surface area contributed by atoms with Gasteiger partial charge < -0.3 is 5.73 Å². The monoisotopic (exact) mass is 156 g/mol. The maximum Gasteiger partial charge on any atom is 0.318 e. The van der Waals surface area contributed by atoms with Crippen molar-refractivity contribution in [3.63, 3.8) is 0 Å². The normalized spacial score (nSPS) is 34.5. The molecule has 4 nitrogen and oxygen atoms in total. The van der Waals surface area contributed by atoms with Gasteiger partial charge in [-0.3, -0.25) is 10.1 Å². The second kappa shape index (κ2) is 2.22. The van der Waals surface area contributed by atoms with Crippen molar-refractivity contribution in [2.24, 2.45) is 17.1 Å². The number of nitrogens with two attached hydrogens (primary N) is 1. The maximum atomic E-state index is 11.1. The Morgan fingerprint density at radius 2 is 2.09 bits per heavy atom. The fourth-order valence-electron chi connectivity index (χ4n) is 1.15. The van der Waals surface area contributed by atoms with Crippen molar-refractivity contribution in [1.82, 2.24) is 5.32 Å². The Hall–Kier alpha value is -1.06. The largest absolute Gasteiger partial charge is 0.351 e. The van der Waals surface area contributed by atoms with E-state index in [-0.39, 0.29) is 11.3 Å². The lowest BCUT2D eigenvalue weighted by molar-refractivity contribution is -0.124. The summed E-state index contributed by atoms with van der Waals surface area (Å²) in [5, 5.41) is 2.08. The van der Waals surface area contributed by atoms with Crippen LogP contribution in [-0.4, -0.2) is 11.9 Å². The summed E-state index contributed by atoms with van der Waals surface area (Å²) in [5.41, 5.74) is 4.44. The second-order valence-electron chi connectivity index (χ2n) is 3.34. The van der Waals surface area contributed by atoms with Gasteiger partial charge in [0.25, 0.3) is 0 Å². The van der Waals surface area contributed by atoms with Gasteiger partial charge in [-0.25, -0.2) is 4.79 Å². The van der Waals surface area contributed by atoms with E-state index in [2.05, 4.69) is 5.32 Å². The third-order valence-electron chi connectivity index (χ3n) is 2.41. The zero-order valence-electron chi connectivity index (χ0n) is 6.68. The van der Waals surface area contributed by atoms with Crippen molar-refractivity contribution in [3.05, 3.63) is 0 Å². The van der Waals surface area contributed by atoms with Crippen LogP contribution in [-0.2, 0) is 4.79 Å². The van der Waals surface area contributed by atoms with Gasteiger partial charge in [0.1, 0.15) is 0 Å². The van der Waals surface area contributed by atoms with Crippen LogP contribution in [0.15, 0.2) is 0 Å². The molecule has 62 valence electrons. The van der Waals surface area contributed by atoms with Gasteiger partial charge in [0.15, 0.2) is 0 Å². The first-order valence-electron chi connectivity index (χ1n) is 3.57. The summed E-state index contributed by atoms with van der Waals surface area (Å²) in [5.74, 6) is 0.111. The number of carbonyl (C=O) groups excluding carboxylic acids is 2. The molecule has 3 N–H and O–H groups in total. The van der Waals surface area contributed by atoms with Crippen LogP contribution in [0, 0.1) is 11.3 Å². The van der Waals surface area contributed by atoms with Gasteiger partial charge in [0.05, 0.1) is 0 Å². The second-order valence-corrected chi connectivity index (χ2v) is 3.34. The lowest BCUT2D eigenvalue weighted by Gasteiger charge is -2.06. The van der Waals surface area contributed by atoms with Crippen LogP contribution in [0.3, 0.4) is 0 Å². The zero-order valence-corrected chi connectivity index (χ0v) is 6.68. The smallest absolute Gasteiger partial charge is 0.318 e. The minimum absolute atomic E-state index is 0.252. The number of carbonyl (C=O) groups is 2. The number of hydrogen-bond donors (Lipinski definition) is 2. The molecule has 0 saturated heterocycles. The highest BCUT2D eigenvalue weighted by atomic mass is 16.2. The van der Waals surface area contributed by atoms with Crippen LogP contribution in [0.5, 0.6) is 0 Å². The molecule has 0 bridgehead atoms. The van der Waals surface area contributed by atoms with Crippen molar-refractivity contribution in [2.75, 3.05) is 0 Å². The average molecular weight is 156 g/mol. The average Bonchev–Trinajstić information content (AvgIpc) is 2.40. The lowest BCUT2D eigenvalue weighted by atomic mass is 10.1. The SMILES string of the molecule is CC1CC1(C)C(=O)NC(N)=O. The van der Waals surface area contributed by atoms with Crippen molar-refractivity contribution in [3.8, 4) is 0 Å². The lowest BCUT2D eigenvalue weighted by Crippen LogP contribution is -2.39. The summed E-state index contributed by atoms with van der Waals surface area (Å²) >= 11 is 0. The van der Waals surface area contributed by atoms with E-state index >= 15 is 0 Å². The molecular weight excluding hydrogens is 144 g/mol. The van der Waals surface area contributed by atoms with Gasteiger partial charge in [-0.1, -0.05) is 13.8 Å². The quantitative estimate of drug-likeness (QED) is 0.570. The Morgan fingerprint density at radius 3 is 2.36 bits per heavy atom. The fourth-order valence-corrected chi connectivity index (χ4v) is 1.15. The highest BCUT2D eigenvalue weighted by Gasteiger charge is 2.53. The van der Waals surface area contributed by atoms with E-state index in [1.807, 2.05) is 13.8 Å². The Labute approximate surface area is 65.1 Å². The van der Waals surface area contributed by atoms with E-state index in [0.717, 1.165) is 6.42 Å². The summed E-state index contributed by atoms with van der Waals surface area (Å²) in [4.78, 5) is 21.4. The first kappa shape index (κ1) is 8.04. The van der Waals surface area contributed by atoms with Crippen LogP contribution in [0.1, 0.15) is 20.3 Å².